The number of fused-ring (bicyclic) bond motifs is 1. The summed E-state index contributed by atoms with van der Waals surface area (Å²) in [5.74, 6) is 1.39. The first-order valence-corrected chi connectivity index (χ1v) is 6.60. The number of hydrogen-bond acceptors (Lipinski definition) is 3. The normalized spacial score (nSPS) is 10.8. The Morgan fingerprint density at radius 1 is 1.05 bits per heavy atom. The van der Waals surface area contributed by atoms with Gasteiger partial charge in [-0.15, -0.1) is 11.6 Å². The summed E-state index contributed by atoms with van der Waals surface area (Å²) in [6, 6.07) is 12.0. The third-order valence-electron chi connectivity index (χ3n) is 3.02. The summed E-state index contributed by atoms with van der Waals surface area (Å²) in [5, 5.41) is 4.32. The summed E-state index contributed by atoms with van der Waals surface area (Å²) in [7, 11) is 0. The Bertz CT molecular complexity index is 676. The van der Waals surface area contributed by atoms with E-state index in [0.717, 1.165) is 28.9 Å². The van der Waals surface area contributed by atoms with Crippen LogP contribution < -0.4 is 5.32 Å². The van der Waals surface area contributed by atoms with Crippen LogP contribution in [0, 0.1) is 0 Å². The van der Waals surface area contributed by atoms with Crippen molar-refractivity contribution in [1.82, 2.24) is 4.98 Å². The zero-order chi connectivity index (χ0) is 13.1. The highest BCUT2D eigenvalue weighted by atomic mass is 35.5. The predicted octanol–water partition coefficient (Wildman–Crippen LogP) is 4.18. The lowest BCUT2D eigenvalue weighted by Crippen LogP contribution is -2.01. The first-order valence-electron chi connectivity index (χ1n) is 6.06. The van der Waals surface area contributed by atoms with Crippen LogP contribution in [-0.4, -0.2) is 4.98 Å². The van der Waals surface area contributed by atoms with E-state index in [1.165, 1.54) is 5.56 Å². The van der Waals surface area contributed by atoms with E-state index < -0.39 is 0 Å². The molecule has 0 atom stereocenters. The van der Waals surface area contributed by atoms with Crippen LogP contribution in [0.2, 0.25) is 0 Å². The van der Waals surface area contributed by atoms with Crippen LogP contribution in [0.4, 0.5) is 5.82 Å². The van der Waals surface area contributed by atoms with Crippen molar-refractivity contribution in [2.75, 3.05) is 5.32 Å². The number of furan rings is 1. The van der Waals surface area contributed by atoms with E-state index in [0.29, 0.717) is 5.88 Å². The summed E-state index contributed by atoms with van der Waals surface area (Å²) in [4.78, 5) is 4.34. The zero-order valence-corrected chi connectivity index (χ0v) is 11.0. The maximum atomic E-state index is 5.77. The molecule has 4 heteroatoms. The fourth-order valence-corrected chi connectivity index (χ4v) is 2.15. The van der Waals surface area contributed by atoms with E-state index in [9.17, 15) is 0 Å². The summed E-state index contributed by atoms with van der Waals surface area (Å²) in [6.45, 7) is 0.722. The second kappa shape index (κ2) is 5.33. The second-order valence-corrected chi connectivity index (χ2v) is 4.56. The molecule has 0 radical (unpaired) electrons. The molecule has 0 aliphatic rings. The summed E-state index contributed by atoms with van der Waals surface area (Å²) in [5.41, 5.74) is 3.16. The van der Waals surface area contributed by atoms with E-state index in [1.54, 1.807) is 12.5 Å². The van der Waals surface area contributed by atoms with Crippen molar-refractivity contribution in [1.29, 1.82) is 0 Å². The van der Waals surface area contributed by atoms with Crippen LogP contribution in [0.3, 0.4) is 0 Å². The van der Waals surface area contributed by atoms with E-state index in [2.05, 4.69) is 22.4 Å². The molecule has 19 heavy (non-hydrogen) atoms. The number of pyridine rings is 1. The van der Waals surface area contributed by atoms with Crippen molar-refractivity contribution in [3.8, 4) is 0 Å². The lowest BCUT2D eigenvalue weighted by atomic mass is 10.1. The van der Waals surface area contributed by atoms with Gasteiger partial charge in [-0.3, -0.25) is 0 Å². The molecule has 0 saturated heterocycles. The Hall–Kier alpha value is -2.00. The summed E-state index contributed by atoms with van der Waals surface area (Å²) in [6.07, 6.45) is 3.41. The molecular weight excluding hydrogens is 260 g/mol. The molecular formula is C15H13ClN2O. The highest BCUT2D eigenvalue weighted by molar-refractivity contribution is 6.17. The number of anilines is 1. The standard InChI is InChI=1S/C15H13ClN2O/c16-9-11-1-3-12(4-2-11)10-18-15-13-6-8-19-14(13)5-7-17-15/h1-8H,9-10H2,(H,17,18). The molecule has 0 fully saturated rings. The molecule has 2 aromatic heterocycles. The number of hydrogen-bond donors (Lipinski definition) is 1. The minimum Gasteiger partial charge on any atom is -0.464 e. The van der Waals surface area contributed by atoms with Gasteiger partial charge in [0.15, 0.2) is 0 Å². The molecule has 0 saturated carbocycles. The highest BCUT2D eigenvalue weighted by Gasteiger charge is 2.04. The molecule has 3 rings (SSSR count). The highest BCUT2D eigenvalue weighted by Crippen LogP contribution is 2.22. The van der Waals surface area contributed by atoms with Gasteiger partial charge in [0.1, 0.15) is 11.4 Å². The molecule has 0 amide bonds. The van der Waals surface area contributed by atoms with Gasteiger partial charge in [0.2, 0.25) is 0 Å². The molecule has 0 bridgehead atoms. The number of halogens is 1. The van der Waals surface area contributed by atoms with Crippen molar-refractivity contribution in [3.63, 3.8) is 0 Å². The van der Waals surface area contributed by atoms with Crippen LogP contribution in [0.1, 0.15) is 11.1 Å². The van der Waals surface area contributed by atoms with Crippen LogP contribution >= 0.6 is 11.6 Å². The Morgan fingerprint density at radius 2 is 1.84 bits per heavy atom. The molecule has 3 nitrogen and oxygen atoms in total. The van der Waals surface area contributed by atoms with Crippen molar-refractivity contribution in [3.05, 3.63) is 60.0 Å². The zero-order valence-electron chi connectivity index (χ0n) is 10.3. The first kappa shape index (κ1) is 12.1. The van der Waals surface area contributed by atoms with Gasteiger partial charge in [-0.1, -0.05) is 24.3 Å². The maximum absolute atomic E-state index is 5.77. The fraction of sp³-hybridized carbons (Fsp3) is 0.133. The van der Waals surface area contributed by atoms with Crippen LogP contribution in [0.25, 0.3) is 11.0 Å². The largest absolute Gasteiger partial charge is 0.464 e. The van der Waals surface area contributed by atoms with Crippen molar-refractivity contribution >= 4 is 28.4 Å². The van der Waals surface area contributed by atoms with E-state index in [4.69, 9.17) is 16.0 Å². The minimum atomic E-state index is 0.545. The molecule has 2 heterocycles. The van der Waals surface area contributed by atoms with Crippen molar-refractivity contribution < 1.29 is 4.42 Å². The maximum Gasteiger partial charge on any atom is 0.139 e. The molecule has 1 aromatic carbocycles. The third kappa shape index (κ3) is 2.56. The lowest BCUT2D eigenvalue weighted by molar-refractivity contribution is 0.615. The Balaban J connectivity index is 1.76. The number of alkyl halides is 1. The monoisotopic (exact) mass is 272 g/mol. The Kier molecular flexibility index (Phi) is 3.38. The molecule has 3 aromatic rings. The fourth-order valence-electron chi connectivity index (χ4n) is 1.97. The topological polar surface area (TPSA) is 38.1 Å². The Labute approximate surface area is 116 Å². The lowest BCUT2D eigenvalue weighted by Gasteiger charge is -2.07. The number of nitrogens with one attached hydrogen (secondary N) is 1. The van der Waals surface area contributed by atoms with Crippen LogP contribution in [0.15, 0.2) is 53.3 Å². The number of rotatable bonds is 4. The van der Waals surface area contributed by atoms with Gasteiger partial charge in [0, 0.05) is 18.6 Å². The third-order valence-corrected chi connectivity index (χ3v) is 3.33. The average Bonchev–Trinajstić information content (AvgIpc) is 2.94. The van der Waals surface area contributed by atoms with Gasteiger partial charge in [0.05, 0.1) is 11.6 Å². The number of benzene rings is 1. The second-order valence-electron chi connectivity index (χ2n) is 4.30. The van der Waals surface area contributed by atoms with Gasteiger partial charge in [0.25, 0.3) is 0 Å². The molecule has 0 spiro atoms. The van der Waals surface area contributed by atoms with E-state index in [1.807, 2.05) is 24.3 Å². The minimum absolute atomic E-state index is 0.545. The molecule has 0 aliphatic carbocycles. The molecule has 1 N–H and O–H groups in total. The van der Waals surface area contributed by atoms with Crippen LogP contribution in [-0.2, 0) is 12.4 Å². The van der Waals surface area contributed by atoms with Crippen LogP contribution in [0.5, 0.6) is 0 Å². The van der Waals surface area contributed by atoms with Gasteiger partial charge in [-0.25, -0.2) is 4.98 Å². The van der Waals surface area contributed by atoms with Gasteiger partial charge in [-0.05, 0) is 23.3 Å². The van der Waals surface area contributed by atoms with E-state index >= 15 is 0 Å². The Morgan fingerprint density at radius 3 is 2.63 bits per heavy atom. The number of aromatic nitrogens is 1. The van der Waals surface area contributed by atoms with Gasteiger partial charge >= 0.3 is 0 Å². The first-order chi connectivity index (χ1) is 9.36. The molecule has 96 valence electrons. The average molecular weight is 273 g/mol. The quantitative estimate of drug-likeness (QED) is 0.724. The molecule has 0 aliphatic heterocycles. The smallest absolute Gasteiger partial charge is 0.139 e. The van der Waals surface area contributed by atoms with Gasteiger partial charge < -0.3 is 9.73 Å². The number of nitrogens with zero attached hydrogens (tertiary/aromatic N) is 1. The van der Waals surface area contributed by atoms with E-state index in [-0.39, 0.29) is 0 Å². The predicted molar refractivity (Wildman–Crippen MR) is 77.3 cm³/mol. The summed E-state index contributed by atoms with van der Waals surface area (Å²) >= 11 is 5.77. The van der Waals surface area contributed by atoms with Gasteiger partial charge in [-0.2, -0.15) is 0 Å². The summed E-state index contributed by atoms with van der Waals surface area (Å²) < 4.78 is 5.35. The molecule has 0 unspecified atom stereocenters. The van der Waals surface area contributed by atoms with Crippen molar-refractivity contribution in [2.45, 2.75) is 12.4 Å². The van der Waals surface area contributed by atoms with Crippen molar-refractivity contribution in [2.24, 2.45) is 0 Å². The SMILES string of the molecule is ClCc1ccc(CNc2nccc3occc23)cc1.